The van der Waals surface area contributed by atoms with Crippen molar-refractivity contribution >= 4 is 0 Å². The minimum atomic E-state index is 0.655. The van der Waals surface area contributed by atoms with Crippen LogP contribution in [0.15, 0.2) is 0 Å². The second-order valence-electron chi connectivity index (χ2n) is 5.80. The van der Waals surface area contributed by atoms with Gasteiger partial charge in [-0.3, -0.25) is 4.90 Å². The molecule has 0 aromatic heterocycles. The smallest absolute Gasteiger partial charge is 0.0474 e. The van der Waals surface area contributed by atoms with Gasteiger partial charge in [-0.05, 0) is 38.1 Å². The van der Waals surface area contributed by atoms with Gasteiger partial charge >= 0.3 is 0 Å². The number of likely N-dealkylation sites (tertiary alicyclic amines) is 1. The molecule has 0 bridgehead atoms. The highest BCUT2D eigenvalue weighted by atomic mass is 16.5. The van der Waals surface area contributed by atoms with Gasteiger partial charge in [-0.2, -0.15) is 0 Å². The van der Waals surface area contributed by atoms with Gasteiger partial charge in [-0.1, -0.05) is 13.8 Å². The van der Waals surface area contributed by atoms with Crippen LogP contribution in [0.5, 0.6) is 0 Å². The summed E-state index contributed by atoms with van der Waals surface area (Å²) in [5.41, 5.74) is 0. The normalized spacial score (nSPS) is 28.2. The van der Waals surface area contributed by atoms with Crippen LogP contribution in [0.3, 0.4) is 0 Å². The van der Waals surface area contributed by atoms with Crippen LogP contribution < -0.4 is 5.32 Å². The van der Waals surface area contributed by atoms with Crippen LogP contribution >= 0.6 is 0 Å². The first-order chi connectivity index (χ1) is 8.13. The van der Waals surface area contributed by atoms with Gasteiger partial charge < -0.3 is 10.1 Å². The lowest BCUT2D eigenvalue weighted by atomic mass is 9.91. The molecule has 1 aliphatic heterocycles. The molecular weight excluding hydrogens is 212 g/mol. The van der Waals surface area contributed by atoms with Crippen molar-refractivity contribution in [2.24, 2.45) is 11.8 Å². The van der Waals surface area contributed by atoms with E-state index in [1.165, 1.54) is 19.5 Å². The minimum Gasteiger partial charge on any atom is -0.385 e. The molecule has 1 N–H and O–H groups in total. The molecule has 1 saturated heterocycles. The first-order valence-electron chi connectivity index (χ1n) is 7.07. The van der Waals surface area contributed by atoms with Crippen molar-refractivity contribution in [3.63, 3.8) is 0 Å². The average molecular weight is 242 g/mol. The van der Waals surface area contributed by atoms with Gasteiger partial charge in [0.2, 0.25) is 0 Å². The number of methoxy groups -OCH3 is 1. The van der Waals surface area contributed by atoms with Crippen molar-refractivity contribution in [2.75, 3.05) is 39.9 Å². The molecule has 0 saturated carbocycles. The molecule has 3 unspecified atom stereocenters. The summed E-state index contributed by atoms with van der Waals surface area (Å²) in [5, 5.41) is 3.53. The highest BCUT2D eigenvalue weighted by Gasteiger charge is 2.24. The summed E-state index contributed by atoms with van der Waals surface area (Å²) in [5.74, 6) is 1.71. The lowest BCUT2D eigenvalue weighted by Crippen LogP contribution is -2.47. The van der Waals surface area contributed by atoms with Crippen molar-refractivity contribution in [1.29, 1.82) is 0 Å². The topological polar surface area (TPSA) is 24.5 Å². The Morgan fingerprint density at radius 3 is 2.53 bits per heavy atom. The van der Waals surface area contributed by atoms with E-state index in [-0.39, 0.29) is 0 Å². The van der Waals surface area contributed by atoms with E-state index in [0.29, 0.717) is 6.04 Å². The van der Waals surface area contributed by atoms with E-state index in [1.807, 2.05) is 0 Å². The Morgan fingerprint density at radius 2 is 1.94 bits per heavy atom. The van der Waals surface area contributed by atoms with Gasteiger partial charge in [0, 0.05) is 39.4 Å². The molecule has 1 heterocycles. The maximum atomic E-state index is 5.04. The summed E-state index contributed by atoms with van der Waals surface area (Å²) >= 11 is 0. The Hall–Kier alpha value is -0.120. The molecule has 0 amide bonds. The Bertz CT molecular complexity index is 189. The molecule has 3 heteroatoms. The number of rotatable bonds is 7. The molecule has 0 radical (unpaired) electrons. The van der Waals surface area contributed by atoms with Crippen LogP contribution in [0.4, 0.5) is 0 Å². The second kappa shape index (κ2) is 8.06. The Labute approximate surface area is 107 Å². The van der Waals surface area contributed by atoms with Gasteiger partial charge in [-0.25, -0.2) is 0 Å². The van der Waals surface area contributed by atoms with Crippen LogP contribution in [0, 0.1) is 11.8 Å². The molecule has 0 spiro atoms. The van der Waals surface area contributed by atoms with Gasteiger partial charge in [0.25, 0.3) is 0 Å². The van der Waals surface area contributed by atoms with Crippen LogP contribution in [0.2, 0.25) is 0 Å². The van der Waals surface area contributed by atoms with Crippen molar-refractivity contribution in [3.8, 4) is 0 Å². The summed E-state index contributed by atoms with van der Waals surface area (Å²) in [7, 11) is 1.76. The molecule has 0 aromatic rings. The number of ether oxygens (including phenoxy) is 1. The highest BCUT2D eigenvalue weighted by molar-refractivity contribution is 4.79. The number of piperidine rings is 1. The van der Waals surface area contributed by atoms with Gasteiger partial charge in [0.05, 0.1) is 0 Å². The molecule has 1 aliphatic rings. The fraction of sp³-hybridized carbons (Fsp3) is 1.00. The fourth-order valence-electron chi connectivity index (χ4n) is 2.85. The Kier molecular flexibility index (Phi) is 7.09. The monoisotopic (exact) mass is 242 g/mol. The predicted octanol–water partition coefficient (Wildman–Crippen LogP) is 1.98. The standard InChI is InChI=1S/C14H30N2O/c1-12-8-13(2)11-16(10-12)14(3)9-15-6-5-7-17-4/h12-15H,5-11H2,1-4H3. The molecule has 1 rings (SSSR count). The van der Waals surface area contributed by atoms with E-state index in [4.69, 9.17) is 4.74 Å². The molecule has 102 valence electrons. The maximum Gasteiger partial charge on any atom is 0.0474 e. The van der Waals surface area contributed by atoms with E-state index in [1.54, 1.807) is 7.11 Å². The predicted molar refractivity (Wildman–Crippen MR) is 73.3 cm³/mol. The number of nitrogens with one attached hydrogen (secondary N) is 1. The number of nitrogens with zero attached hydrogens (tertiary/aromatic N) is 1. The van der Waals surface area contributed by atoms with E-state index in [2.05, 4.69) is 31.0 Å². The van der Waals surface area contributed by atoms with Crippen LogP contribution in [-0.2, 0) is 4.74 Å². The van der Waals surface area contributed by atoms with E-state index >= 15 is 0 Å². The molecule has 3 atom stereocenters. The molecule has 17 heavy (non-hydrogen) atoms. The zero-order valence-corrected chi connectivity index (χ0v) is 12.0. The summed E-state index contributed by atoms with van der Waals surface area (Å²) in [6.45, 7) is 12.7. The molecule has 0 aliphatic carbocycles. The molecule has 1 fully saturated rings. The third-order valence-corrected chi connectivity index (χ3v) is 3.66. The maximum absolute atomic E-state index is 5.04. The zero-order valence-electron chi connectivity index (χ0n) is 12.0. The largest absolute Gasteiger partial charge is 0.385 e. The Morgan fingerprint density at radius 1 is 1.29 bits per heavy atom. The molecule has 3 nitrogen and oxygen atoms in total. The van der Waals surface area contributed by atoms with Crippen LogP contribution in [0.1, 0.15) is 33.6 Å². The first kappa shape index (κ1) is 14.9. The van der Waals surface area contributed by atoms with E-state index in [0.717, 1.165) is 38.0 Å². The fourth-order valence-corrected chi connectivity index (χ4v) is 2.85. The third kappa shape index (κ3) is 5.84. The minimum absolute atomic E-state index is 0.655. The number of hydrogen-bond donors (Lipinski definition) is 1. The van der Waals surface area contributed by atoms with Gasteiger partial charge in [0.1, 0.15) is 0 Å². The quantitative estimate of drug-likeness (QED) is 0.691. The molecular formula is C14H30N2O. The summed E-state index contributed by atoms with van der Waals surface area (Å²) in [6.07, 6.45) is 2.50. The van der Waals surface area contributed by atoms with Crippen LogP contribution in [0.25, 0.3) is 0 Å². The van der Waals surface area contributed by atoms with Crippen molar-refractivity contribution in [2.45, 2.75) is 39.7 Å². The van der Waals surface area contributed by atoms with Gasteiger partial charge in [0.15, 0.2) is 0 Å². The zero-order chi connectivity index (χ0) is 12.7. The first-order valence-corrected chi connectivity index (χ1v) is 7.07. The van der Waals surface area contributed by atoms with Gasteiger partial charge in [-0.15, -0.1) is 0 Å². The average Bonchev–Trinajstić information content (AvgIpc) is 2.27. The third-order valence-electron chi connectivity index (χ3n) is 3.66. The molecule has 0 aromatic carbocycles. The number of hydrogen-bond acceptors (Lipinski definition) is 3. The SMILES string of the molecule is COCCCNCC(C)N1CC(C)CC(C)C1. The van der Waals surface area contributed by atoms with E-state index in [9.17, 15) is 0 Å². The lowest BCUT2D eigenvalue weighted by molar-refractivity contribution is 0.102. The highest BCUT2D eigenvalue weighted by Crippen LogP contribution is 2.22. The van der Waals surface area contributed by atoms with Crippen molar-refractivity contribution < 1.29 is 4.74 Å². The van der Waals surface area contributed by atoms with Crippen LogP contribution in [-0.4, -0.2) is 50.8 Å². The van der Waals surface area contributed by atoms with Crippen molar-refractivity contribution in [1.82, 2.24) is 10.2 Å². The Balaban J connectivity index is 2.15. The second-order valence-corrected chi connectivity index (χ2v) is 5.80. The van der Waals surface area contributed by atoms with E-state index < -0.39 is 0 Å². The summed E-state index contributed by atoms with van der Waals surface area (Å²) < 4.78 is 5.04. The summed E-state index contributed by atoms with van der Waals surface area (Å²) in [6, 6.07) is 0.655. The summed E-state index contributed by atoms with van der Waals surface area (Å²) in [4.78, 5) is 2.64. The lowest BCUT2D eigenvalue weighted by Gasteiger charge is -2.39. The van der Waals surface area contributed by atoms with Crippen molar-refractivity contribution in [3.05, 3.63) is 0 Å².